The van der Waals surface area contributed by atoms with E-state index in [1.54, 1.807) is 6.26 Å². The fraction of sp³-hybridized carbons (Fsp3) is 0.667. The van der Waals surface area contributed by atoms with Crippen molar-refractivity contribution in [3.63, 3.8) is 0 Å². The Morgan fingerprint density at radius 2 is 2.31 bits per heavy atom. The molecule has 1 atom stereocenters. The molecule has 13 heavy (non-hydrogen) atoms. The second-order valence-corrected chi connectivity index (χ2v) is 3.51. The third-order valence-corrected chi connectivity index (χ3v) is 1.81. The van der Waals surface area contributed by atoms with Gasteiger partial charge in [0.25, 0.3) is 0 Å². The minimum atomic E-state index is -0.0446. The summed E-state index contributed by atoms with van der Waals surface area (Å²) >= 11 is 0. The largest absolute Gasteiger partial charge is 0.449 e. The van der Waals surface area contributed by atoms with Crippen molar-refractivity contribution in [2.45, 2.75) is 19.4 Å². The van der Waals surface area contributed by atoms with E-state index in [-0.39, 0.29) is 6.04 Å². The van der Waals surface area contributed by atoms with Crippen LogP contribution in [0.5, 0.6) is 0 Å². The molecular formula is C9H17N3O. The molecule has 1 aromatic rings. The number of hydrogen-bond acceptors (Lipinski definition) is 4. The van der Waals surface area contributed by atoms with Gasteiger partial charge in [-0.1, -0.05) is 0 Å². The maximum absolute atomic E-state index is 5.65. The predicted octanol–water partition coefficient (Wildman–Crippen LogP) is 0.798. The van der Waals surface area contributed by atoms with E-state index < -0.39 is 0 Å². The van der Waals surface area contributed by atoms with Crippen LogP contribution in [0.2, 0.25) is 0 Å². The zero-order valence-corrected chi connectivity index (χ0v) is 8.45. The zero-order chi connectivity index (χ0) is 9.84. The molecule has 0 saturated heterocycles. The maximum Gasteiger partial charge on any atom is 0.195 e. The molecule has 1 aromatic heterocycles. The lowest BCUT2D eigenvalue weighted by Crippen LogP contribution is -2.15. The monoisotopic (exact) mass is 183 g/mol. The van der Waals surface area contributed by atoms with Crippen LogP contribution in [-0.4, -0.2) is 30.5 Å². The highest BCUT2D eigenvalue weighted by Crippen LogP contribution is 2.09. The SMILES string of the molecule is CC(N)c1coc(CCN(C)C)n1. The standard InChI is InChI=1S/C9H17N3O/c1-7(10)8-6-13-9(11-8)4-5-12(2)3/h6-7H,4-5,10H2,1-3H3. The summed E-state index contributed by atoms with van der Waals surface area (Å²) in [5.41, 5.74) is 6.48. The number of oxazole rings is 1. The van der Waals surface area contributed by atoms with Crippen LogP contribution in [0.1, 0.15) is 24.6 Å². The van der Waals surface area contributed by atoms with Crippen LogP contribution >= 0.6 is 0 Å². The van der Waals surface area contributed by atoms with Gasteiger partial charge in [0.1, 0.15) is 6.26 Å². The number of hydrogen-bond donors (Lipinski definition) is 1. The Bertz CT molecular complexity index is 255. The van der Waals surface area contributed by atoms with Crippen molar-refractivity contribution in [3.8, 4) is 0 Å². The molecule has 0 aliphatic carbocycles. The van der Waals surface area contributed by atoms with Crippen LogP contribution in [0.3, 0.4) is 0 Å². The normalized spacial score (nSPS) is 13.6. The molecule has 0 saturated carbocycles. The van der Waals surface area contributed by atoms with Crippen molar-refractivity contribution in [1.82, 2.24) is 9.88 Å². The van der Waals surface area contributed by atoms with E-state index in [1.807, 2.05) is 21.0 Å². The predicted molar refractivity (Wildman–Crippen MR) is 51.4 cm³/mol. The summed E-state index contributed by atoms with van der Waals surface area (Å²) in [6.45, 7) is 2.84. The molecule has 1 heterocycles. The highest BCUT2D eigenvalue weighted by atomic mass is 16.3. The van der Waals surface area contributed by atoms with Gasteiger partial charge >= 0.3 is 0 Å². The van der Waals surface area contributed by atoms with E-state index in [0.717, 1.165) is 24.6 Å². The summed E-state index contributed by atoms with van der Waals surface area (Å²) < 4.78 is 5.26. The van der Waals surface area contributed by atoms with Crippen LogP contribution in [0, 0.1) is 0 Å². The van der Waals surface area contributed by atoms with Crippen molar-refractivity contribution in [2.24, 2.45) is 5.73 Å². The van der Waals surface area contributed by atoms with Gasteiger partial charge in [-0.3, -0.25) is 0 Å². The minimum Gasteiger partial charge on any atom is -0.449 e. The van der Waals surface area contributed by atoms with Gasteiger partial charge in [0.05, 0.1) is 5.69 Å². The molecule has 1 rings (SSSR count). The Morgan fingerprint density at radius 3 is 2.77 bits per heavy atom. The van der Waals surface area contributed by atoms with Crippen LogP contribution in [-0.2, 0) is 6.42 Å². The molecule has 0 amide bonds. The second-order valence-electron chi connectivity index (χ2n) is 3.51. The molecule has 2 N–H and O–H groups in total. The van der Waals surface area contributed by atoms with Crippen LogP contribution < -0.4 is 5.73 Å². The number of nitrogens with zero attached hydrogens (tertiary/aromatic N) is 2. The molecule has 0 radical (unpaired) electrons. The third-order valence-electron chi connectivity index (χ3n) is 1.81. The van der Waals surface area contributed by atoms with Crippen molar-refractivity contribution < 1.29 is 4.42 Å². The molecule has 0 aromatic carbocycles. The molecule has 1 unspecified atom stereocenters. The Labute approximate surface area is 78.7 Å². The van der Waals surface area contributed by atoms with E-state index in [0.29, 0.717) is 0 Å². The molecular weight excluding hydrogens is 166 g/mol. The van der Waals surface area contributed by atoms with Gasteiger partial charge in [-0.25, -0.2) is 4.98 Å². The van der Waals surface area contributed by atoms with E-state index in [9.17, 15) is 0 Å². The van der Waals surface area contributed by atoms with Gasteiger partial charge in [0, 0.05) is 19.0 Å². The molecule has 0 bridgehead atoms. The Hall–Kier alpha value is -0.870. The van der Waals surface area contributed by atoms with E-state index >= 15 is 0 Å². The first-order chi connectivity index (χ1) is 6.09. The first-order valence-electron chi connectivity index (χ1n) is 4.44. The van der Waals surface area contributed by atoms with Gasteiger partial charge in [-0.2, -0.15) is 0 Å². The Kier molecular flexibility index (Phi) is 3.45. The van der Waals surface area contributed by atoms with Crippen molar-refractivity contribution in [3.05, 3.63) is 17.8 Å². The van der Waals surface area contributed by atoms with Gasteiger partial charge in [-0.15, -0.1) is 0 Å². The first kappa shape index (κ1) is 10.2. The van der Waals surface area contributed by atoms with Gasteiger partial charge in [0.15, 0.2) is 5.89 Å². The first-order valence-corrected chi connectivity index (χ1v) is 4.44. The summed E-state index contributed by atoms with van der Waals surface area (Å²) in [4.78, 5) is 6.36. The van der Waals surface area contributed by atoms with Gasteiger partial charge < -0.3 is 15.1 Å². The van der Waals surface area contributed by atoms with Crippen molar-refractivity contribution in [2.75, 3.05) is 20.6 Å². The quantitative estimate of drug-likeness (QED) is 0.750. The van der Waals surface area contributed by atoms with Crippen LogP contribution in [0.25, 0.3) is 0 Å². The summed E-state index contributed by atoms with van der Waals surface area (Å²) in [6, 6.07) is -0.0446. The smallest absolute Gasteiger partial charge is 0.195 e. The topological polar surface area (TPSA) is 55.3 Å². The molecule has 74 valence electrons. The lowest BCUT2D eigenvalue weighted by molar-refractivity contribution is 0.384. The molecule has 0 aliphatic rings. The lowest BCUT2D eigenvalue weighted by atomic mass is 10.3. The Morgan fingerprint density at radius 1 is 1.62 bits per heavy atom. The highest BCUT2D eigenvalue weighted by Gasteiger charge is 2.07. The maximum atomic E-state index is 5.65. The van der Waals surface area contributed by atoms with E-state index in [4.69, 9.17) is 10.2 Å². The molecule has 0 fully saturated rings. The van der Waals surface area contributed by atoms with Crippen molar-refractivity contribution >= 4 is 0 Å². The summed E-state index contributed by atoms with van der Waals surface area (Å²) in [5.74, 6) is 0.765. The average molecular weight is 183 g/mol. The summed E-state index contributed by atoms with van der Waals surface area (Å²) in [6.07, 6.45) is 2.47. The highest BCUT2D eigenvalue weighted by molar-refractivity contribution is 5.01. The molecule has 0 spiro atoms. The average Bonchev–Trinajstić information content (AvgIpc) is 2.48. The second kappa shape index (κ2) is 4.39. The fourth-order valence-corrected chi connectivity index (χ4v) is 0.968. The summed E-state index contributed by atoms with van der Waals surface area (Å²) in [5, 5.41) is 0. The van der Waals surface area contributed by atoms with Crippen LogP contribution in [0.4, 0.5) is 0 Å². The summed E-state index contributed by atoms with van der Waals surface area (Å²) in [7, 11) is 4.05. The third kappa shape index (κ3) is 3.16. The number of rotatable bonds is 4. The molecule has 4 heteroatoms. The molecule has 4 nitrogen and oxygen atoms in total. The number of likely N-dealkylation sites (N-methyl/N-ethyl adjacent to an activating group) is 1. The lowest BCUT2D eigenvalue weighted by Gasteiger charge is -2.05. The minimum absolute atomic E-state index is 0.0446. The zero-order valence-electron chi connectivity index (χ0n) is 8.45. The van der Waals surface area contributed by atoms with E-state index in [1.165, 1.54) is 0 Å². The molecule has 0 aliphatic heterocycles. The van der Waals surface area contributed by atoms with E-state index in [2.05, 4.69) is 9.88 Å². The van der Waals surface area contributed by atoms with Gasteiger partial charge in [-0.05, 0) is 21.0 Å². The number of nitrogens with two attached hydrogens (primary N) is 1. The fourth-order valence-electron chi connectivity index (χ4n) is 0.968. The Balaban J connectivity index is 2.49. The van der Waals surface area contributed by atoms with Crippen LogP contribution in [0.15, 0.2) is 10.7 Å². The van der Waals surface area contributed by atoms with Crippen molar-refractivity contribution in [1.29, 1.82) is 0 Å². The number of aromatic nitrogens is 1. The van der Waals surface area contributed by atoms with Gasteiger partial charge in [0.2, 0.25) is 0 Å².